The Bertz CT molecular complexity index is 498. The predicted octanol–water partition coefficient (Wildman–Crippen LogP) is 2.27. The van der Waals surface area contributed by atoms with E-state index in [1.54, 1.807) is 11.8 Å². The Morgan fingerprint density at radius 1 is 1.53 bits per heavy atom. The molecule has 0 amide bonds. The number of anilines is 1. The van der Waals surface area contributed by atoms with Gasteiger partial charge >= 0.3 is 0 Å². The minimum atomic E-state index is 0.216. The second-order valence-corrected chi connectivity index (χ2v) is 5.13. The van der Waals surface area contributed by atoms with Gasteiger partial charge in [0.25, 0.3) is 0 Å². The van der Waals surface area contributed by atoms with Crippen LogP contribution in [0.25, 0.3) is 11.1 Å². The second-order valence-electron chi connectivity index (χ2n) is 4.10. The molecule has 0 fully saturated rings. The third-order valence-electron chi connectivity index (χ3n) is 2.43. The van der Waals surface area contributed by atoms with Crippen LogP contribution in [0.3, 0.4) is 0 Å². The number of hydrogen-bond acceptors (Lipinski definition) is 5. The molecular weight excluding hydrogens is 236 g/mol. The fourth-order valence-corrected chi connectivity index (χ4v) is 2.40. The lowest BCUT2D eigenvalue weighted by Gasteiger charge is -2.04. The van der Waals surface area contributed by atoms with Crippen molar-refractivity contribution in [3.63, 3.8) is 0 Å². The zero-order valence-electron chi connectivity index (χ0n) is 9.72. The minimum Gasteiger partial charge on any atom is -0.440 e. The molecule has 0 saturated carbocycles. The number of para-hydroxylation sites is 1. The molecule has 1 aromatic heterocycles. The van der Waals surface area contributed by atoms with Gasteiger partial charge in [0.05, 0.1) is 11.4 Å². The van der Waals surface area contributed by atoms with Crippen molar-refractivity contribution >= 4 is 28.5 Å². The number of aliphatic hydroxyl groups excluding tert-OH is 1. The monoisotopic (exact) mass is 252 g/mol. The molecule has 2 aromatic rings. The third kappa shape index (κ3) is 2.92. The molecule has 0 aliphatic carbocycles. The molecule has 1 unspecified atom stereocenters. The van der Waals surface area contributed by atoms with Crippen LogP contribution < -0.4 is 5.73 Å². The zero-order valence-corrected chi connectivity index (χ0v) is 10.5. The minimum absolute atomic E-state index is 0.216. The highest BCUT2D eigenvalue weighted by molar-refractivity contribution is 7.98. The first-order chi connectivity index (χ1) is 8.20. The Kier molecular flexibility index (Phi) is 3.91. The van der Waals surface area contributed by atoms with E-state index in [0.29, 0.717) is 23.2 Å². The number of nitrogens with zero attached hydrogens (tertiary/aromatic N) is 1. The van der Waals surface area contributed by atoms with Crippen LogP contribution in [-0.4, -0.2) is 22.5 Å². The van der Waals surface area contributed by atoms with Crippen LogP contribution in [0, 0.1) is 5.92 Å². The lowest BCUT2D eigenvalue weighted by atomic mass is 10.2. The summed E-state index contributed by atoms with van der Waals surface area (Å²) in [5, 5.41) is 8.91. The van der Waals surface area contributed by atoms with Crippen molar-refractivity contribution < 1.29 is 9.52 Å². The summed E-state index contributed by atoms with van der Waals surface area (Å²) < 4.78 is 5.59. The summed E-state index contributed by atoms with van der Waals surface area (Å²) in [5.74, 6) is 2.59. The summed E-state index contributed by atoms with van der Waals surface area (Å²) in [6.45, 7) is 2.23. The molecule has 1 heterocycles. The number of nitrogen functional groups attached to an aromatic ring is 1. The highest BCUT2D eigenvalue weighted by Crippen LogP contribution is 2.23. The number of aliphatic hydroxyl groups is 1. The summed E-state index contributed by atoms with van der Waals surface area (Å²) in [6, 6.07) is 5.53. The third-order valence-corrected chi connectivity index (χ3v) is 3.69. The van der Waals surface area contributed by atoms with Gasteiger partial charge < -0.3 is 15.3 Å². The Hall–Kier alpha value is -1.20. The average Bonchev–Trinajstić information content (AvgIpc) is 2.73. The quantitative estimate of drug-likeness (QED) is 0.799. The maximum Gasteiger partial charge on any atom is 0.205 e. The highest BCUT2D eigenvalue weighted by atomic mass is 32.2. The molecule has 0 bridgehead atoms. The average molecular weight is 252 g/mol. The molecule has 1 aromatic carbocycles. The normalized spacial score (nSPS) is 13.1. The fourth-order valence-electron chi connectivity index (χ4n) is 1.48. The standard InChI is InChI=1S/C12H16N2O2S/c1-8(5-15)6-17-7-11-14-12-9(13)3-2-4-10(12)16-11/h2-4,8,15H,5-7,13H2,1H3. The first-order valence-electron chi connectivity index (χ1n) is 5.53. The molecule has 17 heavy (non-hydrogen) atoms. The van der Waals surface area contributed by atoms with Gasteiger partial charge in [0, 0.05) is 6.61 Å². The van der Waals surface area contributed by atoms with E-state index in [9.17, 15) is 0 Å². The number of fused-ring (bicyclic) bond motifs is 1. The fraction of sp³-hybridized carbons (Fsp3) is 0.417. The number of benzene rings is 1. The van der Waals surface area contributed by atoms with E-state index in [2.05, 4.69) is 4.98 Å². The van der Waals surface area contributed by atoms with Gasteiger partial charge in [-0.1, -0.05) is 13.0 Å². The van der Waals surface area contributed by atoms with Gasteiger partial charge in [-0.2, -0.15) is 11.8 Å². The Labute approximate surface area is 104 Å². The van der Waals surface area contributed by atoms with Crippen LogP contribution in [0.4, 0.5) is 5.69 Å². The van der Waals surface area contributed by atoms with Gasteiger partial charge in [-0.15, -0.1) is 0 Å². The highest BCUT2D eigenvalue weighted by Gasteiger charge is 2.08. The van der Waals surface area contributed by atoms with Gasteiger partial charge in [-0.25, -0.2) is 4.98 Å². The Morgan fingerprint density at radius 2 is 2.35 bits per heavy atom. The molecule has 5 heteroatoms. The molecule has 1 atom stereocenters. The molecule has 4 nitrogen and oxygen atoms in total. The number of oxazole rings is 1. The van der Waals surface area contributed by atoms with Crippen LogP contribution in [0.15, 0.2) is 22.6 Å². The van der Waals surface area contributed by atoms with Gasteiger partial charge in [-0.3, -0.25) is 0 Å². The first-order valence-corrected chi connectivity index (χ1v) is 6.68. The van der Waals surface area contributed by atoms with Crippen LogP contribution in [-0.2, 0) is 5.75 Å². The van der Waals surface area contributed by atoms with E-state index < -0.39 is 0 Å². The molecular formula is C12H16N2O2S. The number of nitrogens with two attached hydrogens (primary N) is 1. The molecule has 2 rings (SSSR count). The van der Waals surface area contributed by atoms with Gasteiger partial charge in [0.15, 0.2) is 5.58 Å². The number of rotatable bonds is 5. The summed E-state index contributed by atoms with van der Waals surface area (Å²) in [4.78, 5) is 4.36. The van der Waals surface area contributed by atoms with E-state index >= 15 is 0 Å². The van der Waals surface area contributed by atoms with Crippen LogP contribution >= 0.6 is 11.8 Å². The van der Waals surface area contributed by atoms with Crippen molar-refractivity contribution in [2.24, 2.45) is 5.92 Å². The van der Waals surface area contributed by atoms with Crippen molar-refractivity contribution in [1.82, 2.24) is 4.98 Å². The molecule has 3 N–H and O–H groups in total. The molecule has 0 spiro atoms. The SMILES string of the molecule is CC(CO)CSCc1nc2c(N)cccc2o1. The number of thioether (sulfide) groups is 1. The van der Waals surface area contributed by atoms with Crippen molar-refractivity contribution in [3.05, 3.63) is 24.1 Å². The summed E-state index contributed by atoms with van der Waals surface area (Å²) in [6.07, 6.45) is 0. The second kappa shape index (κ2) is 5.42. The Balaban J connectivity index is 2.02. The van der Waals surface area contributed by atoms with Gasteiger partial charge in [0.2, 0.25) is 5.89 Å². The Morgan fingerprint density at radius 3 is 3.06 bits per heavy atom. The maximum atomic E-state index is 8.91. The number of aromatic nitrogens is 1. The summed E-state index contributed by atoms with van der Waals surface area (Å²) in [7, 11) is 0. The van der Waals surface area contributed by atoms with E-state index in [1.807, 2.05) is 25.1 Å². The predicted molar refractivity (Wildman–Crippen MR) is 70.8 cm³/mol. The molecule has 0 aliphatic rings. The maximum absolute atomic E-state index is 8.91. The smallest absolute Gasteiger partial charge is 0.205 e. The van der Waals surface area contributed by atoms with E-state index in [0.717, 1.165) is 16.9 Å². The molecule has 92 valence electrons. The van der Waals surface area contributed by atoms with Crippen molar-refractivity contribution in [3.8, 4) is 0 Å². The first kappa shape index (κ1) is 12.3. The van der Waals surface area contributed by atoms with E-state index in [-0.39, 0.29) is 6.61 Å². The van der Waals surface area contributed by atoms with E-state index in [1.165, 1.54) is 0 Å². The molecule has 0 aliphatic heterocycles. The lowest BCUT2D eigenvalue weighted by molar-refractivity contribution is 0.250. The van der Waals surface area contributed by atoms with Gasteiger partial charge in [-0.05, 0) is 23.8 Å². The summed E-state index contributed by atoms with van der Waals surface area (Å²) >= 11 is 1.70. The van der Waals surface area contributed by atoms with Crippen LogP contribution in [0.5, 0.6) is 0 Å². The topological polar surface area (TPSA) is 72.3 Å². The van der Waals surface area contributed by atoms with Crippen molar-refractivity contribution in [2.45, 2.75) is 12.7 Å². The van der Waals surface area contributed by atoms with Crippen LogP contribution in [0.1, 0.15) is 12.8 Å². The van der Waals surface area contributed by atoms with Crippen molar-refractivity contribution in [1.29, 1.82) is 0 Å². The van der Waals surface area contributed by atoms with Crippen molar-refractivity contribution in [2.75, 3.05) is 18.1 Å². The largest absolute Gasteiger partial charge is 0.440 e. The van der Waals surface area contributed by atoms with E-state index in [4.69, 9.17) is 15.3 Å². The molecule has 0 radical (unpaired) electrons. The molecule has 0 saturated heterocycles. The van der Waals surface area contributed by atoms with Crippen LogP contribution in [0.2, 0.25) is 0 Å². The number of hydrogen-bond donors (Lipinski definition) is 2. The lowest BCUT2D eigenvalue weighted by Crippen LogP contribution is -2.03. The van der Waals surface area contributed by atoms with Gasteiger partial charge in [0.1, 0.15) is 5.52 Å². The zero-order chi connectivity index (χ0) is 12.3. The summed E-state index contributed by atoms with van der Waals surface area (Å²) in [5.41, 5.74) is 7.92.